The molecule has 0 saturated heterocycles. The van der Waals surface area contributed by atoms with Gasteiger partial charge in [-0.3, -0.25) is 4.79 Å². The number of carbonyl (C=O) groups excluding carboxylic acids is 1. The maximum Gasteiger partial charge on any atom is 0.233 e. The lowest BCUT2D eigenvalue weighted by molar-refractivity contribution is -0.121. The second-order valence-electron chi connectivity index (χ2n) is 4.99. The van der Waals surface area contributed by atoms with Crippen molar-refractivity contribution in [1.82, 2.24) is 5.32 Å². The number of hydrogen-bond donors (Lipinski definition) is 2. The molecule has 0 saturated carbocycles. The molecule has 2 aromatic rings. The highest BCUT2D eigenvalue weighted by Crippen LogP contribution is 2.15. The van der Waals surface area contributed by atoms with Gasteiger partial charge in [-0.05, 0) is 36.6 Å². The Kier molecular flexibility index (Phi) is 5.39. The zero-order valence-electron chi connectivity index (χ0n) is 11.8. The van der Waals surface area contributed by atoms with E-state index in [1.54, 1.807) is 12.1 Å². The lowest BCUT2D eigenvalue weighted by Crippen LogP contribution is -2.34. The molecule has 2 aromatic carbocycles. The molecule has 2 atom stereocenters. The van der Waals surface area contributed by atoms with E-state index in [4.69, 9.17) is 0 Å². The summed E-state index contributed by atoms with van der Waals surface area (Å²) in [6, 6.07) is 15.7. The normalized spacial score (nSPS) is 13.5. The number of thiol groups is 1. The van der Waals surface area contributed by atoms with Crippen molar-refractivity contribution in [2.75, 3.05) is 0 Å². The van der Waals surface area contributed by atoms with Gasteiger partial charge in [0.1, 0.15) is 5.82 Å². The van der Waals surface area contributed by atoms with Crippen LogP contribution >= 0.6 is 12.6 Å². The number of carbonyl (C=O) groups is 1. The molecule has 2 rings (SSSR count). The average Bonchev–Trinajstić information content (AvgIpc) is 2.48. The van der Waals surface area contributed by atoms with E-state index in [-0.39, 0.29) is 17.8 Å². The predicted octanol–water partition coefficient (Wildman–Crippen LogP) is 3.54. The summed E-state index contributed by atoms with van der Waals surface area (Å²) in [5.74, 6) is -0.459. The molecule has 110 valence electrons. The summed E-state index contributed by atoms with van der Waals surface area (Å²) in [5.41, 5.74) is 1.80. The van der Waals surface area contributed by atoms with Gasteiger partial charge in [-0.2, -0.15) is 12.6 Å². The summed E-state index contributed by atoms with van der Waals surface area (Å²) < 4.78 is 13.2. The Balaban J connectivity index is 1.94. The van der Waals surface area contributed by atoms with E-state index in [2.05, 4.69) is 17.9 Å². The maximum atomic E-state index is 13.2. The smallest absolute Gasteiger partial charge is 0.233 e. The van der Waals surface area contributed by atoms with Crippen LogP contribution < -0.4 is 5.32 Å². The van der Waals surface area contributed by atoms with Crippen LogP contribution in [0, 0.1) is 5.82 Å². The van der Waals surface area contributed by atoms with Crippen LogP contribution in [0.25, 0.3) is 0 Å². The Morgan fingerprint density at radius 1 is 1.19 bits per heavy atom. The second-order valence-corrected chi connectivity index (χ2v) is 5.61. The van der Waals surface area contributed by atoms with Crippen LogP contribution in [0.4, 0.5) is 4.39 Å². The summed E-state index contributed by atoms with van der Waals surface area (Å²) in [6.07, 6.45) is 0.561. The molecule has 0 heterocycles. The minimum absolute atomic E-state index is 0.154. The van der Waals surface area contributed by atoms with E-state index in [1.165, 1.54) is 12.1 Å². The number of amides is 1. The average molecular weight is 303 g/mol. The van der Waals surface area contributed by atoms with Crippen molar-refractivity contribution >= 4 is 18.5 Å². The van der Waals surface area contributed by atoms with Gasteiger partial charge in [-0.1, -0.05) is 42.5 Å². The van der Waals surface area contributed by atoms with E-state index < -0.39 is 5.25 Å². The van der Waals surface area contributed by atoms with Crippen molar-refractivity contribution in [1.29, 1.82) is 0 Å². The number of benzene rings is 2. The fraction of sp³-hybridized carbons (Fsp3) is 0.235. The summed E-state index contributed by atoms with van der Waals surface area (Å²) in [5, 5.41) is 2.43. The number of nitrogens with one attached hydrogen (secondary N) is 1. The van der Waals surface area contributed by atoms with Crippen LogP contribution in [-0.4, -0.2) is 11.2 Å². The van der Waals surface area contributed by atoms with Crippen molar-refractivity contribution < 1.29 is 9.18 Å². The third-order valence-corrected chi connectivity index (χ3v) is 3.70. The van der Waals surface area contributed by atoms with Crippen LogP contribution in [0.2, 0.25) is 0 Å². The molecule has 21 heavy (non-hydrogen) atoms. The van der Waals surface area contributed by atoms with Crippen LogP contribution in [0.15, 0.2) is 54.6 Å². The molecule has 0 spiro atoms. The van der Waals surface area contributed by atoms with Gasteiger partial charge in [0.05, 0.1) is 11.3 Å². The first-order valence-corrected chi connectivity index (χ1v) is 7.35. The molecule has 0 radical (unpaired) electrons. The molecule has 2 nitrogen and oxygen atoms in total. The predicted molar refractivity (Wildman–Crippen MR) is 85.9 cm³/mol. The number of rotatable bonds is 5. The zero-order valence-corrected chi connectivity index (χ0v) is 12.7. The topological polar surface area (TPSA) is 29.1 Å². The lowest BCUT2D eigenvalue weighted by atomic mass is 10.1. The molecule has 0 aliphatic heterocycles. The summed E-state index contributed by atoms with van der Waals surface area (Å²) >= 11 is 4.36. The Morgan fingerprint density at radius 3 is 2.57 bits per heavy atom. The standard InChI is InChI=1S/C17H18FNOS/c1-12(14-8-5-9-15(18)11-14)19-17(20)16(21)10-13-6-3-2-4-7-13/h2-9,11-12,16,21H,10H2,1H3,(H,19,20). The Bertz CT molecular complexity index is 603. The first-order chi connectivity index (χ1) is 10.1. The minimum Gasteiger partial charge on any atom is -0.349 e. The second kappa shape index (κ2) is 7.27. The van der Waals surface area contributed by atoms with Crippen molar-refractivity contribution in [3.05, 3.63) is 71.5 Å². The van der Waals surface area contributed by atoms with Gasteiger partial charge >= 0.3 is 0 Å². The van der Waals surface area contributed by atoms with Crippen molar-refractivity contribution in [3.63, 3.8) is 0 Å². The Hall–Kier alpha value is -1.81. The van der Waals surface area contributed by atoms with E-state index in [1.807, 2.05) is 37.3 Å². The molecular formula is C17H18FNOS. The molecule has 0 fully saturated rings. The molecule has 1 amide bonds. The van der Waals surface area contributed by atoms with Gasteiger partial charge in [-0.25, -0.2) is 4.39 Å². The van der Waals surface area contributed by atoms with E-state index in [0.717, 1.165) is 11.1 Å². The maximum absolute atomic E-state index is 13.2. The minimum atomic E-state index is -0.427. The summed E-state index contributed by atoms with van der Waals surface area (Å²) in [4.78, 5) is 12.1. The zero-order chi connectivity index (χ0) is 15.2. The monoisotopic (exact) mass is 303 g/mol. The van der Waals surface area contributed by atoms with Crippen LogP contribution in [0.1, 0.15) is 24.1 Å². The molecule has 2 unspecified atom stereocenters. The third kappa shape index (κ3) is 4.60. The van der Waals surface area contributed by atoms with Crippen molar-refractivity contribution in [3.8, 4) is 0 Å². The fourth-order valence-corrected chi connectivity index (χ4v) is 2.38. The molecule has 0 bridgehead atoms. The molecule has 0 aliphatic rings. The lowest BCUT2D eigenvalue weighted by Gasteiger charge is -2.17. The molecule has 1 N–H and O–H groups in total. The summed E-state index contributed by atoms with van der Waals surface area (Å²) in [7, 11) is 0. The molecule has 0 aliphatic carbocycles. The highest BCUT2D eigenvalue weighted by molar-refractivity contribution is 7.81. The van der Waals surface area contributed by atoms with Gasteiger partial charge in [0.25, 0.3) is 0 Å². The van der Waals surface area contributed by atoms with Gasteiger partial charge in [-0.15, -0.1) is 0 Å². The highest BCUT2D eigenvalue weighted by atomic mass is 32.1. The first kappa shape index (κ1) is 15.6. The third-order valence-electron chi connectivity index (χ3n) is 3.28. The van der Waals surface area contributed by atoms with Gasteiger partial charge in [0.2, 0.25) is 5.91 Å². The van der Waals surface area contributed by atoms with Crippen molar-refractivity contribution in [2.45, 2.75) is 24.6 Å². The largest absolute Gasteiger partial charge is 0.349 e. The fourth-order valence-electron chi connectivity index (χ4n) is 2.10. The van der Waals surface area contributed by atoms with Crippen LogP contribution in [-0.2, 0) is 11.2 Å². The Morgan fingerprint density at radius 2 is 1.90 bits per heavy atom. The van der Waals surface area contributed by atoms with Gasteiger partial charge in [0.15, 0.2) is 0 Å². The molecule has 4 heteroatoms. The highest BCUT2D eigenvalue weighted by Gasteiger charge is 2.17. The summed E-state index contributed by atoms with van der Waals surface area (Å²) in [6.45, 7) is 1.83. The van der Waals surface area contributed by atoms with Crippen LogP contribution in [0.5, 0.6) is 0 Å². The molecular weight excluding hydrogens is 285 g/mol. The number of halogens is 1. The van der Waals surface area contributed by atoms with Crippen LogP contribution in [0.3, 0.4) is 0 Å². The van der Waals surface area contributed by atoms with Gasteiger partial charge in [0, 0.05) is 0 Å². The quantitative estimate of drug-likeness (QED) is 0.813. The van der Waals surface area contributed by atoms with Gasteiger partial charge < -0.3 is 5.32 Å². The van der Waals surface area contributed by atoms with E-state index in [0.29, 0.717) is 6.42 Å². The first-order valence-electron chi connectivity index (χ1n) is 6.84. The van der Waals surface area contributed by atoms with Crippen molar-refractivity contribution in [2.24, 2.45) is 0 Å². The SMILES string of the molecule is CC(NC(=O)C(S)Cc1ccccc1)c1cccc(F)c1. The number of hydrogen-bond acceptors (Lipinski definition) is 2. The Labute approximate surface area is 129 Å². The molecule has 0 aromatic heterocycles. The van der Waals surface area contributed by atoms with E-state index >= 15 is 0 Å². The van der Waals surface area contributed by atoms with E-state index in [9.17, 15) is 9.18 Å².